The molecule has 0 aliphatic heterocycles. The van der Waals surface area contributed by atoms with Crippen molar-refractivity contribution in [3.63, 3.8) is 0 Å². The van der Waals surface area contributed by atoms with Crippen LogP contribution < -0.4 is 5.32 Å². The van der Waals surface area contributed by atoms with Crippen LogP contribution in [0.15, 0.2) is 18.2 Å². The molecule has 1 fully saturated rings. The third-order valence-corrected chi connectivity index (χ3v) is 4.34. The van der Waals surface area contributed by atoms with Crippen molar-refractivity contribution >= 4 is 0 Å². The van der Waals surface area contributed by atoms with Crippen LogP contribution in [0.1, 0.15) is 55.2 Å². The standard InChI is InChI=1S/C17H27N/c1-14-9-10-17(12-15(14)2)13-18-11-5-8-16-6-3-4-7-16/h9-10,12,16,18H,3-8,11,13H2,1-2H3. The summed E-state index contributed by atoms with van der Waals surface area (Å²) >= 11 is 0. The van der Waals surface area contributed by atoms with Gasteiger partial charge >= 0.3 is 0 Å². The molecule has 100 valence electrons. The van der Waals surface area contributed by atoms with Gasteiger partial charge in [0.15, 0.2) is 0 Å². The molecule has 0 heterocycles. The molecule has 2 rings (SSSR count). The first-order chi connectivity index (χ1) is 8.75. The van der Waals surface area contributed by atoms with Crippen molar-refractivity contribution < 1.29 is 0 Å². The second-order valence-corrected chi connectivity index (χ2v) is 5.89. The summed E-state index contributed by atoms with van der Waals surface area (Å²) in [6, 6.07) is 6.77. The Bertz CT molecular complexity index is 364. The Labute approximate surface area is 112 Å². The molecule has 0 amide bonds. The van der Waals surface area contributed by atoms with E-state index in [2.05, 4.69) is 37.4 Å². The average Bonchev–Trinajstić information content (AvgIpc) is 2.86. The molecule has 1 aromatic rings. The highest BCUT2D eigenvalue weighted by atomic mass is 14.8. The number of hydrogen-bond donors (Lipinski definition) is 1. The minimum Gasteiger partial charge on any atom is -0.313 e. The van der Waals surface area contributed by atoms with Crippen molar-refractivity contribution in [3.05, 3.63) is 34.9 Å². The Morgan fingerprint density at radius 3 is 2.61 bits per heavy atom. The van der Waals surface area contributed by atoms with Gasteiger partial charge < -0.3 is 5.32 Å². The van der Waals surface area contributed by atoms with Crippen molar-refractivity contribution in [1.29, 1.82) is 0 Å². The maximum Gasteiger partial charge on any atom is 0.0205 e. The van der Waals surface area contributed by atoms with E-state index >= 15 is 0 Å². The maximum absolute atomic E-state index is 3.57. The van der Waals surface area contributed by atoms with Crippen LogP contribution in [-0.4, -0.2) is 6.54 Å². The number of nitrogens with one attached hydrogen (secondary N) is 1. The first kappa shape index (κ1) is 13.6. The van der Waals surface area contributed by atoms with Gasteiger partial charge in [-0.1, -0.05) is 43.9 Å². The van der Waals surface area contributed by atoms with E-state index < -0.39 is 0 Å². The average molecular weight is 245 g/mol. The Balaban J connectivity index is 1.61. The van der Waals surface area contributed by atoms with Gasteiger partial charge in [0.25, 0.3) is 0 Å². The molecule has 0 aromatic heterocycles. The second-order valence-electron chi connectivity index (χ2n) is 5.89. The SMILES string of the molecule is Cc1ccc(CNCCCC2CCCC2)cc1C. The molecule has 1 heteroatoms. The lowest BCUT2D eigenvalue weighted by atomic mass is 10.0. The molecule has 0 spiro atoms. The second kappa shape index (κ2) is 6.94. The minimum atomic E-state index is 1.02. The van der Waals surface area contributed by atoms with Crippen LogP contribution in [0, 0.1) is 19.8 Å². The summed E-state index contributed by atoms with van der Waals surface area (Å²) in [5.41, 5.74) is 4.21. The van der Waals surface area contributed by atoms with E-state index in [1.54, 1.807) is 0 Å². The number of benzene rings is 1. The monoisotopic (exact) mass is 245 g/mol. The Morgan fingerprint density at radius 2 is 1.89 bits per heavy atom. The number of hydrogen-bond acceptors (Lipinski definition) is 1. The Morgan fingerprint density at radius 1 is 1.11 bits per heavy atom. The van der Waals surface area contributed by atoms with E-state index in [1.165, 1.54) is 61.8 Å². The van der Waals surface area contributed by atoms with Crippen molar-refractivity contribution in [2.45, 2.75) is 58.9 Å². The van der Waals surface area contributed by atoms with Crippen LogP contribution in [-0.2, 0) is 6.54 Å². The molecule has 0 atom stereocenters. The van der Waals surface area contributed by atoms with Gasteiger partial charge in [0.05, 0.1) is 0 Å². The topological polar surface area (TPSA) is 12.0 Å². The van der Waals surface area contributed by atoms with E-state index in [0.717, 1.165) is 12.5 Å². The predicted octanol–water partition coefficient (Wildman–Crippen LogP) is 4.36. The molecule has 0 saturated heterocycles. The van der Waals surface area contributed by atoms with Gasteiger partial charge in [-0.25, -0.2) is 0 Å². The zero-order valence-electron chi connectivity index (χ0n) is 12.0. The fourth-order valence-corrected chi connectivity index (χ4v) is 2.96. The summed E-state index contributed by atoms with van der Waals surface area (Å²) in [5, 5.41) is 3.57. The summed E-state index contributed by atoms with van der Waals surface area (Å²) in [5.74, 6) is 1.04. The fraction of sp³-hybridized carbons (Fsp3) is 0.647. The quantitative estimate of drug-likeness (QED) is 0.734. The normalized spacial score (nSPS) is 16.3. The van der Waals surface area contributed by atoms with Crippen LogP contribution in [0.25, 0.3) is 0 Å². The molecule has 1 aromatic carbocycles. The molecular formula is C17H27N. The van der Waals surface area contributed by atoms with Gasteiger partial charge in [0.2, 0.25) is 0 Å². The van der Waals surface area contributed by atoms with E-state index in [1.807, 2.05) is 0 Å². The van der Waals surface area contributed by atoms with Gasteiger partial charge in [0, 0.05) is 6.54 Å². The molecule has 0 radical (unpaired) electrons. The lowest BCUT2D eigenvalue weighted by Gasteiger charge is -2.10. The van der Waals surface area contributed by atoms with Gasteiger partial charge in [0.1, 0.15) is 0 Å². The number of aryl methyl sites for hydroxylation is 2. The Hall–Kier alpha value is -0.820. The lowest BCUT2D eigenvalue weighted by Crippen LogP contribution is -2.15. The van der Waals surface area contributed by atoms with E-state index in [9.17, 15) is 0 Å². The van der Waals surface area contributed by atoms with E-state index in [0.29, 0.717) is 0 Å². The molecule has 1 nitrogen and oxygen atoms in total. The van der Waals surface area contributed by atoms with Crippen LogP contribution in [0.4, 0.5) is 0 Å². The minimum absolute atomic E-state index is 1.02. The van der Waals surface area contributed by atoms with Crippen LogP contribution >= 0.6 is 0 Å². The van der Waals surface area contributed by atoms with Crippen LogP contribution in [0.5, 0.6) is 0 Å². The van der Waals surface area contributed by atoms with Crippen molar-refractivity contribution in [3.8, 4) is 0 Å². The maximum atomic E-state index is 3.57. The van der Waals surface area contributed by atoms with Gasteiger partial charge in [-0.2, -0.15) is 0 Å². The molecule has 18 heavy (non-hydrogen) atoms. The summed E-state index contributed by atoms with van der Waals surface area (Å²) in [6.45, 7) is 6.56. The number of rotatable bonds is 6. The fourth-order valence-electron chi connectivity index (χ4n) is 2.96. The summed E-state index contributed by atoms with van der Waals surface area (Å²) in [7, 11) is 0. The molecule has 1 aliphatic rings. The smallest absolute Gasteiger partial charge is 0.0205 e. The zero-order valence-corrected chi connectivity index (χ0v) is 12.0. The summed E-state index contributed by atoms with van der Waals surface area (Å²) in [6.07, 6.45) is 8.69. The first-order valence-corrected chi connectivity index (χ1v) is 7.52. The van der Waals surface area contributed by atoms with Crippen LogP contribution in [0.3, 0.4) is 0 Å². The predicted molar refractivity (Wildman–Crippen MR) is 78.8 cm³/mol. The van der Waals surface area contributed by atoms with Crippen molar-refractivity contribution in [2.75, 3.05) is 6.54 Å². The molecular weight excluding hydrogens is 218 g/mol. The van der Waals surface area contributed by atoms with Crippen molar-refractivity contribution in [1.82, 2.24) is 5.32 Å². The van der Waals surface area contributed by atoms with Crippen molar-refractivity contribution in [2.24, 2.45) is 5.92 Å². The highest BCUT2D eigenvalue weighted by molar-refractivity contribution is 5.29. The molecule has 1 aliphatic carbocycles. The zero-order chi connectivity index (χ0) is 12.8. The molecule has 1 saturated carbocycles. The first-order valence-electron chi connectivity index (χ1n) is 7.52. The lowest BCUT2D eigenvalue weighted by molar-refractivity contribution is 0.470. The summed E-state index contributed by atoms with van der Waals surface area (Å²) < 4.78 is 0. The van der Waals surface area contributed by atoms with E-state index in [4.69, 9.17) is 0 Å². The molecule has 1 N–H and O–H groups in total. The summed E-state index contributed by atoms with van der Waals surface area (Å²) in [4.78, 5) is 0. The largest absolute Gasteiger partial charge is 0.313 e. The third kappa shape index (κ3) is 4.13. The van der Waals surface area contributed by atoms with E-state index in [-0.39, 0.29) is 0 Å². The third-order valence-electron chi connectivity index (χ3n) is 4.34. The van der Waals surface area contributed by atoms with Gasteiger partial charge in [-0.15, -0.1) is 0 Å². The highest BCUT2D eigenvalue weighted by Gasteiger charge is 2.13. The van der Waals surface area contributed by atoms with Crippen LogP contribution in [0.2, 0.25) is 0 Å². The van der Waals surface area contributed by atoms with Gasteiger partial charge in [-0.3, -0.25) is 0 Å². The molecule has 0 bridgehead atoms. The highest BCUT2D eigenvalue weighted by Crippen LogP contribution is 2.28. The van der Waals surface area contributed by atoms with Gasteiger partial charge in [-0.05, 0) is 55.8 Å². The Kier molecular flexibility index (Phi) is 5.25. The molecule has 0 unspecified atom stereocenters.